The fourth-order valence-electron chi connectivity index (χ4n) is 1.96. The Kier molecular flexibility index (Phi) is 4.47. The van der Waals surface area contributed by atoms with Crippen molar-refractivity contribution in [2.24, 2.45) is 5.92 Å². The van der Waals surface area contributed by atoms with Crippen LogP contribution in [-0.2, 0) is 9.63 Å². The van der Waals surface area contributed by atoms with Crippen LogP contribution in [0.25, 0.3) is 0 Å². The van der Waals surface area contributed by atoms with Gasteiger partial charge in [0.2, 0.25) is 5.91 Å². The average Bonchev–Trinajstić information content (AvgIpc) is 2.46. The number of nitrogens with zero attached hydrogens (tertiary/aromatic N) is 1. The summed E-state index contributed by atoms with van der Waals surface area (Å²) in [5.41, 5.74) is 3.53. The monoisotopic (exact) mass is 246 g/mol. The average molecular weight is 246 g/mol. The molecule has 96 valence electrons. The molecule has 1 heterocycles. The lowest BCUT2D eigenvalue weighted by Crippen LogP contribution is -2.31. The molecule has 1 N–H and O–H groups in total. The molecule has 1 aromatic rings. The maximum absolute atomic E-state index is 11.8. The van der Waals surface area contributed by atoms with Gasteiger partial charge in [-0.05, 0) is 43.9 Å². The number of hydroxylamine groups is 1. The second-order valence-corrected chi connectivity index (χ2v) is 4.47. The zero-order chi connectivity index (χ0) is 12.8. The van der Waals surface area contributed by atoms with Crippen molar-refractivity contribution in [2.75, 3.05) is 0 Å². The van der Waals surface area contributed by atoms with Gasteiger partial charge in [-0.3, -0.25) is 14.6 Å². The van der Waals surface area contributed by atoms with E-state index in [2.05, 4.69) is 16.5 Å². The predicted octanol–water partition coefficient (Wildman–Crippen LogP) is 2.55. The summed E-state index contributed by atoms with van der Waals surface area (Å²) in [6.07, 6.45) is 10.3. The summed E-state index contributed by atoms with van der Waals surface area (Å²) in [6, 6.07) is 3.74. The van der Waals surface area contributed by atoms with Crippen molar-refractivity contribution in [2.45, 2.75) is 32.3 Å². The molecular weight excluding hydrogens is 228 g/mol. The highest BCUT2D eigenvalue weighted by Gasteiger charge is 2.18. The van der Waals surface area contributed by atoms with Crippen LogP contribution in [-0.4, -0.2) is 10.9 Å². The molecule has 4 nitrogen and oxygen atoms in total. The molecule has 2 rings (SSSR count). The van der Waals surface area contributed by atoms with Crippen molar-refractivity contribution in [1.29, 1.82) is 0 Å². The second-order valence-electron chi connectivity index (χ2n) is 4.47. The molecule has 18 heavy (non-hydrogen) atoms. The van der Waals surface area contributed by atoms with E-state index in [-0.39, 0.29) is 17.9 Å². The Hall–Kier alpha value is -1.68. The maximum atomic E-state index is 11.8. The van der Waals surface area contributed by atoms with Crippen molar-refractivity contribution in [3.63, 3.8) is 0 Å². The van der Waals surface area contributed by atoms with Gasteiger partial charge in [0.05, 0.1) is 5.92 Å². The minimum absolute atomic E-state index is 0.0524. The second kappa shape index (κ2) is 6.31. The Balaban J connectivity index is 1.82. The summed E-state index contributed by atoms with van der Waals surface area (Å²) < 4.78 is 0. The van der Waals surface area contributed by atoms with Crippen LogP contribution in [0.5, 0.6) is 0 Å². The molecule has 1 unspecified atom stereocenters. The summed E-state index contributed by atoms with van der Waals surface area (Å²) in [4.78, 5) is 21.2. The van der Waals surface area contributed by atoms with Gasteiger partial charge < -0.3 is 0 Å². The zero-order valence-electron chi connectivity index (χ0n) is 10.5. The van der Waals surface area contributed by atoms with E-state index in [1.54, 1.807) is 12.4 Å². The third kappa shape index (κ3) is 3.40. The first-order chi connectivity index (χ1) is 8.77. The molecule has 2 atom stereocenters. The lowest BCUT2D eigenvalue weighted by atomic mass is 9.95. The van der Waals surface area contributed by atoms with E-state index in [1.165, 1.54) is 0 Å². The summed E-state index contributed by atoms with van der Waals surface area (Å²) in [6.45, 7) is 1.90. The predicted molar refractivity (Wildman–Crippen MR) is 68.4 cm³/mol. The van der Waals surface area contributed by atoms with Crippen molar-refractivity contribution < 1.29 is 9.63 Å². The summed E-state index contributed by atoms with van der Waals surface area (Å²) in [5, 5.41) is 0. The van der Waals surface area contributed by atoms with E-state index in [9.17, 15) is 4.79 Å². The van der Waals surface area contributed by atoms with Crippen molar-refractivity contribution in [3.05, 3.63) is 42.2 Å². The number of carbonyl (C=O) groups excluding carboxylic acids is 1. The Morgan fingerprint density at radius 2 is 2.28 bits per heavy atom. The molecular formula is C14H18N2O2. The van der Waals surface area contributed by atoms with E-state index in [0.717, 1.165) is 24.8 Å². The van der Waals surface area contributed by atoms with Crippen LogP contribution in [0.2, 0.25) is 0 Å². The molecule has 4 heteroatoms. The standard InChI is InChI=1S/C14H18N2O2/c1-11(12-7-9-15-10-8-12)18-16-14(17)13-5-3-2-4-6-13/h3,5,7-11,13H,2,4,6H2,1H3,(H,16,17)/t11-,13?/m0/s1. The van der Waals surface area contributed by atoms with Crippen LogP contribution in [0.4, 0.5) is 0 Å². The number of rotatable bonds is 4. The van der Waals surface area contributed by atoms with Gasteiger partial charge in [-0.25, -0.2) is 5.48 Å². The molecule has 0 fully saturated rings. The first kappa shape index (κ1) is 12.8. The van der Waals surface area contributed by atoms with Crippen LogP contribution >= 0.6 is 0 Å². The molecule has 1 aliphatic carbocycles. The number of carbonyl (C=O) groups is 1. The molecule has 1 aromatic heterocycles. The molecule has 0 aliphatic heterocycles. The van der Waals surface area contributed by atoms with E-state index in [4.69, 9.17) is 4.84 Å². The van der Waals surface area contributed by atoms with Gasteiger partial charge in [0.15, 0.2) is 0 Å². The van der Waals surface area contributed by atoms with Gasteiger partial charge >= 0.3 is 0 Å². The van der Waals surface area contributed by atoms with Gasteiger partial charge in [-0.1, -0.05) is 12.2 Å². The van der Waals surface area contributed by atoms with E-state index < -0.39 is 0 Å². The maximum Gasteiger partial charge on any atom is 0.250 e. The first-order valence-electron chi connectivity index (χ1n) is 6.29. The molecule has 0 saturated carbocycles. The molecule has 1 amide bonds. The fraction of sp³-hybridized carbons (Fsp3) is 0.429. The van der Waals surface area contributed by atoms with Gasteiger partial charge in [-0.15, -0.1) is 0 Å². The van der Waals surface area contributed by atoms with Gasteiger partial charge in [0.1, 0.15) is 6.10 Å². The molecule has 1 aliphatic rings. The Labute approximate surface area is 107 Å². The lowest BCUT2D eigenvalue weighted by Gasteiger charge is -2.18. The van der Waals surface area contributed by atoms with Crippen molar-refractivity contribution in [3.8, 4) is 0 Å². The van der Waals surface area contributed by atoms with E-state index >= 15 is 0 Å². The highest BCUT2D eigenvalue weighted by molar-refractivity contribution is 5.79. The third-order valence-electron chi connectivity index (χ3n) is 3.10. The molecule has 0 spiro atoms. The van der Waals surface area contributed by atoms with Crippen LogP contribution in [0.3, 0.4) is 0 Å². The van der Waals surface area contributed by atoms with E-state index in [0.29, 0.717) is 0 Å². The van der Waals surface area contributed by atoms with Crippen LogP contribution < -0.4 is 5.48 Å². The Morgan fingerprint density at radius 1 is 1.50 bits per heavy atom. The SMILES string of the molecule is C[C@H](ONC(=O)C1C=CCCC1)c1ccncc1. The first-order valence-corrected chi connectivity index (χ1v) is 6.29. The quantitative estimate of drug-likeness (QED) is 0.656. The highest BCUT2D eigenvalue weighted by Crippen LogP contribution is 2.18. The van der Waals surface area contributed by atoms with Crippen LogP contribution in [0, 0.1) is 5.92 Å². The number of allylic oxidation sites excluding steroid dienone is 1. The fourth-order valence-corrected chi connectivity index (χ4v) is 1.96. The number of hydrogen-bond donors (Lipinski definition) is 1. The summed E-state index contributed by atoms with van der Waals surface area (Å²) >= 11 is 0. The van der Waals surface area contributed by atoms with Crippen LogP contribution in [0.15, 0.2) is 36.7 Å². The van der Waals surface area contributed by atoms with Gasteiger partial charge in [-0.2, -0.15) is 0 Å². The third-order valence-corrected chi connectivity index (χ3v) is 3.10. The largest absolute Gasteiger partial charge is 0.272 e. The number of aromatic nitrogens is 1. The minimum Gasteiger partial charge on any atom is -0.272 e. The summed E-state index contributed by atoms with van der Waals surface area (Å²) in [5.74, 6) is -0.116. The van der Waals surface area contributed by atoms with Crippen molar-refractivity contribution >= 4 is 5.91 Å². The number of hydrogen-bond acceptors (Lipinski definition) is 3. The molecule has 0 bridgehead atoms. The minimum atomic E-state index is -0.176. The zero-order valence-corrected chi connectivity index (χ0v) is 10.5. The number of pyridine rings is 1. The normalized spacial score (nSPS) is 20.4. The van der Waals surface area contributed by atoms with Gasteiger partial charge in [0.25, 0.3) is 0 Å². The topological polar surface area (TPSA) is 51.2 Å². The molecule has 0 aromatic carbocycles. The molecule has 0 saturated heterocycles. The highest BCUT2D eigenvalue weighted by atomic mass is 16.7. The van der Waals surface area contributed by atoms with Crippen LogP contribution in [0.1, 0.15) is 37.9 Å². The Bertz CT molecular complexity index is 417. The number of nitrogens with one attached hydrogen (secondary N) is 1. The van der Waals surface area contributed by atoms with E-state index in [1.807, 2.05) is 25.1 Å². The van der Waals surface area contributed by atoms with Gasteiger partial charge in [0, 0.05) is 12.4 Å². The summed E-state index contributed by atoms with van der Waals surface area (Å²) in [7, 11) is 0. The Morgan fingerprint density at radius 3 is 2.94 bits per heavy atom. The molecule has 0 radical (unpaired) electrons. The lowest BCUT2D eigenvalue weighted by molar-refractivity contribution is -0.141. The smallest absolute Gasteiger partial charge is 0.250 e. The van der Waals surface area contributed by atoms with Crippen molar-refractivity contribution in [1.82, 2.24) is 10.5 Å². The number of amides is 1.